The molecule has 0 heterocycles. The second-order valence-corrected chi connectivity index (χ2v) is 2.22. The molecule has 0 aromatic rings. The van der Waals surface area contributed by atoms with Crippen LogP contribution in [-0.4, -0.2) is 17.1 Å². The Balaban J connectivity index is 4.02. The van der Waals surface area contributed by atoms with E-state index >= 15 is 0 Å². The van der Waals surface area contributed by atoms with Crippen molar-refractivity contribution in [2.45, 2.75) is 19.4 Å². The molecule has 0 rings (SSSR count). The third-order valence-electron chi connectivity index (χ3n) is 1.41. The zero-order chi connectivity index (χ0) is 8.85. The number of hydrogen-bond acceptors (Lipinski definition) is 2. The molecular formula is C8H13NO2. The number of carboxylic acids is 1. The van der Waals surface area contributed by atoms with Crippen molar-refractivity contribution in [2.75, 3.05) is 0 Å². The predicted molar refractivity (Wildman–Crippen MR) is 44.2 cm³/mol. The summed E-state index contributed by atoms with van der Waals surface area (Å²) in [6.45, 7) is 5.35. The van der Waals surface area contributed by atoms with Gasteiger partial charge in [-0.2, -0.15) is 0 Å². The van der Waals surface area contributed by atoms with Crippen molar-refractivity contribution in [3.05, 3.63) is 24.3 Å². The molecule has 0 fully saturated rings. The van der Waals surface area contributed by atoms with Crippen molar-refractivity contribution in [1.82, 2.24) is 0 Å². The monoisotopic (exact) mass is 155 g/mol. The quantitative estimate of drug-likeness (QED) is 0.593. The fourth-order valence-electron chi connectivity index (χ4n) is 0.660. The van der Waals surface area contributed by atoms with E-state index < -0.39 is 12.0 Å². The topological polar surface area (TPSA) is 63.3 Å². The number of hydrogen-bond donors (Lipinski definition) is 2. The lowest BCUT2D eigenvalue weighted by molar-refractivity contribution is -0.138. The van der Waals surface area contributed by atoms with E-state index in [0.29, 0.717) is 6.42 Å². The Kier molecular flexibility index (Phi) is 4.22. The molecule has 0 aromatic carbocycles. The average Bonchev–Trinajstić information content (AvgIpc) is 1.99. The van der Waals surface area contributed by atoms with E-state index in [4.69, 9.17) is 10.8 Å². The molecule has 0 aromatic heterocycles. The summed E-state index contributed by atoms with van der Waals surface area (Å²) in [5, 5.41) is 8.44. The molecule has 0 spiro atoms. The molecule has 1 unspecified atom stereocenters. The van der Waals surface area contributed by atoms with Gasteiger partial charge in [-0.25, -0.2) is 0 Å². The Morgan fingerprint density at radius 3 is 2.64 bits per heavy atom. The maximum absolute atomic E-state index is 10.3. The van der Waals surface area contributed by atoms with Crippen molar-refractivity contribution in [2.24, 2.45) is 5.73 Å². The van der Waals surface area contributed by atoms with Crippen LogP contribution in [-0.2, 0) is 4.79 Å². The summed E-state index contributed by atoms with van der Waals surface area (Å²) in [6, 6.07) is -0.820. The van der Waals surface area contributed by atoms with Gasteiger partial charge in [0.05, 0.1) is 0 Å². The molecule has 11 heavy (non-hydrogen) atoms. The minimum Gasteiger partial charge on any atom is -0.480 e. The van der Waals surface area contributed by atoms with Crippen LogP contribution >= 0.6 is 0 Å². The van der Waals surface area contributed by atoms with Gasteiger partial charge in [0.25, 0.3) is 0 Å². The first-order valence-corrected chi connectivity index (χ1v) is 3.37. The first-order valence-electron chi connectivity index (χ1n) is 3.37. The zero-order valence-electron chi connectivity index (χ0n) is 6.58. The molecule has 62 valence electrons. The van der Waals surface area contributed by atoms with Gasteiger partial charge in [-0.15, -0.1) is 0 Å². The van der Waals surface area contributed by atoms with Gasteiger partial charge in [0.1, 0.15) is 6.04 Å². The number of carboxylic acid groups (broad SMARTS) is 1. The number of aliphatic carboxylic acids is 1. The second-order valence-electron chi connectivity index (χ2n) is 2.22. The summed E-state index contributed by atoms with van der Waals surface area (Å²) in [5.74, 6) is -0.980. The normalized spacial score (nSPS) is 14.2. The van der Waals surface area contributed by atoms with Gasteiger partial charge in [-0.1, -0.05) is 24.3 Å². The highest BCUT2D eigenvalue weighted by Gasteiger charge is 2.11. The molecule has 0 bridgehead atoms. The third-order valence-corrected chi connectivity index (χ3v) is 1.41. The van der Waals surface area contributed by atoms with E-state index in [9.17, 15) is 4.79 Å². The van der Waals surface area contributed by atoms with Gasteiger partial charge in [-0.3, -0.25) is 4.79 Å². The lowest BCUT2D eigenvalue weighted by Crippen LogP contribution is -2.30. The molecule has 1 atom stereocenters. The number of rotatable bonds is 4. The molecule has 0 amide bonds. The van der Waals surface area contributed by atoms with Crippen LogP contribution in [0.5, 0.6) is 0 Å². The van der Waals surface area contributed by atoms with Crippen molar-refractivity contribution >= 4 is 5.97 Å². The predicted octanol–water partition coefficient (Wildman–Crippen LogP) is 0.921. The molecule has 0 aliphatic rings. The largest absolute Gasteiger partial charge is 0.480 e. The van der Waals surface area contributed by atoms with Crippen LogP contribution < -0.4 is 5.73 Å². The van der Waals surface area contributed by atoms with Crippen LogP contribution in [0, 0.1) is 0 Å². The standard InChI is InChI=1S/C8H13NO2/c1-3-6(4-2)5-7(9)8(10)11/h3-4,7H,1,5,9H2,2H3,(H,10,11). The van der Waals surface area contributed by atoms with Crippen LogP contribution in [0.25, 0.3) is 0 Å². The smallest absolute Gasteiger partial charge is 0.320 e. The van der Waals surface area contributed by atoms with Crippen molar-refractivity contribution in [3.8, 4) is 0 Å². The summed E-state index contributed by atoms with van der Waals surface area (Å²) in [4.78, 5) is 10.3. The van der Waals surface area contributed by atoms with Crippen molar-refractivity contribution in [3.63, 3.8) is 0 Å². The maximum atomic E-state index is 10.3. The highest BCUT2D eigenvalue weighted by atomic mass is 16.4. The molecule has 3 N–H and O–H groups in total. The molecule has 0 saturated carbocycles. The highest BCUT2D eigenvalue weighted by molar-refractivity contribution is 5.73. The SMILES string of the molecule is C=CC(=CC)CC(N)C(=O)O. The van der Waals surface area contributed by atoms with Gasteiger partial charge in [0, 0.05) is 0 Å². The summed E-state index contributed by atoms with van der Waals surface area (Å²) in [5.41, 5.74) is 6.14. The van der Waals surface area contributed by atoms with Gasteiger partial charge in [-0.05, 0) is 13.3 Å². The Bertz CT molecular complexity index is 185. The minimum atomic E-state index is -0.980. The Labute approximate surface area is 66.2 Å². The molecule has 0 radical (unpaired) electrons. The van der Waals surface area contributed by atoms with Crippen molar-refractivity contribution in [1.29, 1.82) is 0 Å². The molecule has 3 heteroatoms. The molecule has 3 nitrogen and oxygen atoms in total. The van der Waals surface area contributed by atoms with Crippen LogP contribution in [0.3, 0.4) is 0 Å². The summed E-state index contributed by atoms with van der Waals surface area (Å²) in [6.07, 6.45) is 3.76. The van der Waals surface area contributed by atoms with E-state index in [1.807, 2.05) is 6.92 Å². The van der Waals surface area contributed by atoms with Crippen LogP contribution in [0.1, 0.15) is 13.3 Å². The lowest BCUT2D eigenvalue weighted by atomic mass is 10.1. The zero-order valence-corrected chi connectivity index (χ0v) is 6.58. The van der Waals surface area contributed by atoms with Crippen LogP contribution in [0.4, 0.5) is 0 Å². The third kappa shape index (κ3) is 3.57. The average molecular weight is 155 g/mol. The first-order chi connectivity index (χ1) is 5.11. The van der Waals surface area contributed by atoms with E-state index in [1.165, 1.54) is 0 Å². The van der Waals surface area contributed by atoms with Crippen LogP contribution in [0.2, 0.25) is 0 Å². The van der Waals surface area contributed by atoms with Gasteiger partial charge >= 0.3 is 5.97 Å². The lowest BCUT2D eigenvalue weighted by Gasteiger charge is -2.05. The number of nitrogens with two attached hydrogens (primary N) is 1. The van der Waals surface area contributed by atoms with E-state index in [0.717, 1.165) is 5.57 Å². The fraction of sp³-hybridized carbons (Fsp3) is 0.375. The van der Waals surface area contributed by atoms with Crippen molar-refractivity contribution < 1.29 is 9.90 Å². The number of allylic oxidation sites excluding steroid dienone is 2. The van der Waals surface area contributed by atoms with Crippen LogP contribution in [0.15, 0.2) is 24.3 Å². The maximum Gasteiger partial charge on any atom is 0.320 e. The van der Waals surface area contributed by atoms with E-state index in [2.05, 4.69) is 6.58 Å². The number of carbonyl (C=O) groups is 1. The van der Waals surface area contributed by atoms with E-state index in [1.54, 1.807) is 12.2 Å². The highest BCUT2D eigenvalue weighted by Crippen LogP contribution is 2.04. The fourth-order valence-corrected chi connectivity index (χ4v) is 0.660. The van der Waals surface area contributed by atoms with Gasteiger partial charge in [0.2, 0.25) is 0 Å². The summed E-state index contributed by atoms with van der Waals surface area (Å²) >= 11 is 0. The first kappa shape index (κ1) is 9.91. The Hall–Kier alpha value is -1.09. The Morgan fingerprint density at radius 1 is 1.82 bits per heavy atom. The van der Waals surface area contributed by atoms with Gasteiger partial charge in [0.15, 0.2) is 0 Å². The molecule has 0 aliphatic carbocycles. The summed E-state index contributed by atoms with van der Waals surface area (Å²) < 4.78 is 0. The van der Waals surface area contributed by atoms with Gasteiger partial charge < -0.3 is 10.8 Å². The summed E-state index contributed by atoms with van der Waals surface area (Å²) in [7, 11) is 0. The molecule has 0 aliphatic heterocycles. The van der Waals surface area contributed by atoms with E-state index in [-0.39, 0.29) is 0 Å². The molecule has 0 saturated heterocycles. The Morgan fingerprint density at radius 2 is 2.36 bits per heavy atom. The molecular weight excluding hydrogens is 142 g/mol. The minimum absolute atomic E-state index is 0.343. The second kappa shape index (κ2) is 4.68.